The van der Waals surface area contributed by atoms with Crippen LogP contribution in [0.25, 0.3) is 0 Å². The van der Waals surface area contributed by atoms with E-state index in [2.05, 4.69) is 5.32 Å². The van der Waals surface area contributed by atoms with Gasteiger partial charge in [0, 0.05) is 11.4 Å². The molecule has 1 aliphatic carbocycles. The Morgan fingerprint density at radius 3 is 2.28 bits per heavy atom. The van der Waals surface area contributed by atoms with Gasteiger partial charge in [0.15, 0.2) is 0 Å². The van der Waals surface area contributed by atoms with Gasteiger partial charge in [0.05, 0.1) is 30.8 Å². The Bertz CT molecular complexity index is 835. The lowest BCUT2D eigenvalue weighted by molar-refractivity contribution is -0.139. The Hall–Kier alpha value is -2.63. The maximum Gasteiger partial charge on any atom is 0.336 e. The number of hydrogen-bond acceptors (Lipinski definition) is 5. The molecule has 1 aromatic rings. The van der Waals surface area contributed by atoms with E-state index in [1.807, 2.05) is 6.92 Å². The molecule has 1 saturated carbocycles. The molecule has 1 aromatic carbocycles. The first-order chi connectivity index (χ1) is 14.0. The average molecular weight is 401 g/mol. The number of allylic oxidation sites excluding steroid dienone is 2. The van der Waals surface area contributed by atoms with Crippen molar-refractivity contribution in [2.75, 3.05) is 13.7 Å². The van der Waals surface area contributed by atoms with E-state index >= 15 is 0 Å². The summed E-state index contributed by atoms with van der Waals surface area (Å²) in [6.07, 6.45) is 4.73. The minimum Gasteiger partial charge on any atom is -0.466 e. The van der Waals surface area contributed by atoms with Crippen LogP contribution in [-0.2, 0) is 19.1 Å². The molecule has 5 nitrogen and oxygen atoms in total. The van der Waals surface area contributed by atoms with E-state index in [1.54, 1.807) is 19.1 Å². The summed E-state index contributed by atoms with van der Waals surface area (Å²) < 4.78 is 24.0. The first kappa shape index (κ1) is 21.1. The van der Waals surface area contributed by atoms with Crippen LogP contribution in [0.5, 0.6) is 0 Å². The van der Waals surface area contributed by atoms with Gasteiger partial charge in [-0.2, -0.15) is 0 Å². The van der Waals surface area contributed by atoms with E-state index in [9.17, 15) is 14.0 Å². The quantitative estimate of drug-likeness (QED) is 0.718. The number of methoxy groups -OCH3 is 1. The second-order valence-corrected chi connectivity index (χ2v) is 7.38. The van der Waals surface area contributed by atoms with Gasteiger partial charge in [-0.1, -0.05) is 31.9 Å². The molecule has 0 saturated heterocycles. The summed E-state index contributed by atoms with van der Waals surface area (Å²) >= 11 is 0. The van der Waals surface area contributed by atoms with Crippen molar-refractivity contribution in [1.29, 1.82) is 0 Å². The number of nitrogens with one attached hydrogen (secondary N) is 1. The zero-order valence-electron chi connectivity index (χ0n) is 17.2. The second kappa shape index (κ2) is 9.25. The molecule has 1 unspecified atom stereocenters. The van der Waals surface area contributed by atoms with Gasteiger partial charge in [-0.25, -0.2) is 14.0 Å². The fourth-order valence-corrected chi connectivity index (χ4v) is 4.36. The van der Waals surface area contributed by atoms with E-state index in [4.69, 9.17) is 9.47 Å². The molecule has 0 bridgehead atoms. The van der Waals surface area contributed by atoms with Gasteiger partial charge in [-0.3, -0.25) is 0 Å². The Morgan fingerprint density at radius 1 is 1.07 bits per heavy atom. The Kier molecular flexibility index (Phi) is 6.72. The molecule has 156 valence electrons. The van der Waals surface area contributed by atoms with Crippen molar-refractivity contribution in [3.63, 3.8) is 0 Å². The Morgan fingerprint density at radius 2 is 1.72 bits per heavy atom. The first-order valence-corrected chi connectivity index (χ1v) is 10.3. The zero-order chi connectivity index (χ0) is 21.0. The van der Waals surface area contributed by atoms with Crippen molar-refractivity contribution in [1.82, 2.24) is 5.32 Å². The summed E-state index contributed by atoms with van der Waals surface area (Å²) in [6, 6.07) is 5.92. The number of carbonyl (C=O) groups excluding carboxylic acids is 2. The van der Waals surface area contributed by atoms with Crippen LogP contribution in [0.3, 0.4) is 0 Å². The number of rotatable bonds is 6. The van der Waals surface area contributed by atoms with Crippen molar-refractivity contribution in [3.8, 4) is 0 Å². The highest BCUT2D eigenvalue weighted by atomic mass is 19.1. The standard InChI is InChI=1S/C23H28FNO4/c1-4-17-19(23(27)29-5-2)18(14-10-12-16(24)13-11-14)20(22(26)28-3)21(25-17)15-8-6-7-9-15/h10-13,15,18,25H,4-9H2,1-3H3. The molecule has 0 radical (unpaired) electrons. The Labute approximate surface area is 171 Å². The van der Waals surface area contributed by atoms with Crippen LogP contribution in [0.4, 0.5) is 4.39 Å². The predicted octanol–water partition coefficient (Wildman–Crippen LogP) is 4.36. The van der Waals surface area contributed by atoms with Crippen molar-refractivity contribution in [3.05, 3.63) is 58.2 Å². The maximum absolute atomic E-state index is 13.6. The lowest BCUT2D eigenvalue weighted by Gasteiger charge is -2.34. The predicted molar refractivity (Wildman–Crippen MR) is 107 cm³/mol. The highest BCUT2D eigenvalue weighted by Crippen LogP contribution is 2.44. The third-order valence-corrected chi connectivity index (χ3v) is 5.70. The smallest absolute Gasteiger partial charge is 0.336 e. The monoisotopic (exact) mass is 401 g/mol. The largest absolute Gasteiger partial charge is 0.466 e. The summed E-state index contributed by atoms with van der Waals surface area (Å²) in [5.74, 6) is -1.78. The van der Waals surface area contributed by atoms with Crippen molar-refractivity contribution < 1.29 is 23.5 Å². The van der Waals surface area contributed by atoms with Gasteiger partial charge in [-0.15, -0.1) is 0 Å². The van der Waals surface area contributed by atoms with E-state index in [1.165, 1.54) is 19.2 Å². The van der Waals surface area contributed by atoms with Crippen LogP contribution >= 0.6 is 0 Å². The lowest BCUT2D eigenvalue weighted by Crippen LogP contribution is -2.36. The Balaban J connectivity index is 2.23. The van der Waals surface area contributed by atoms with Crippen molar-refractivity contribution in [2.24, 2.45) is 5.92 Å². The van der Waals surface area contributed by atoms with E-state index < -0.39 is 17.9 Å². The maximum atomic E-state index is 13.6. The van der Waals surface area contributed by atoms with Gasteiger partial charge >= 0.3 is 11.9 Å². The zero-order valence-corrected chi connectivity index (χ0v) is 17.2. The molecule has 1 heterocycles. The minimum atomic E-state index is -0.658. The molecular weight excluding hydrogens is 373 g/mol. The van der Waals surface area contributed by atoms with Crippen LogP contribution < -0.4 is 5.32 Å². The van der Waals surface area contributed by atoms with Crippen LogP contribution in [0.15, 0.2) is 46.8 Å². The van der Waals surface area contributed by atoms with Gasteiger partial charge in [0.1, 0.15) is 5.82 Å². The number of carbonyl (C=O) groups is 2. The van der Waals surface area contributed by atoms with Crippen molar-refractivity contribution in [2.45, 2.75) is 51.9 Å². The van der Waals surface area contributed by atoms with Crippen LogP contribution in [0.1, 0.15) is 57.4 Å². The molecule has 1 atom stereocenters. The fraction of sp³-hybridized carbons (Fsp3) is 0.478. The molecule has 3 rings (SSSR count). The minimum absolute atomic E-state index is 0.206. The van der Waals surface area contributed by atoms with Crippen molar-refractivity contribution >= 4 is 11.9 Å². The fourth-order valence-electron chi connectivity index (χ4n) is 4.36. The third-order valence-electron chi connectivity index (χ3n) is 5.70. The molecule has 0 amide bonds. The van der Waals surface area contributed by atoms with E-state index in [-0.39, 0.29) is 18.3 Å². The normalized spacial score (nSPS) is 19.9. The number of benzene rings is 1. The summed E-state index contributed by atoms with van der Waals surface area (Å²) in [6.45, 7) is 3.93. The number of halogens is 1. The molecule has 0 aromatic heterocycles. The highest BCUT2D eigenvalue weighted by molar-refractivity contribution is 6.00. The summed E-state index contributed by atoms with van der Waals surface area (Å²) in [7, 11) is 1.34. The number of ether oxygens (including phenoxy) is 2. The molecule has 0 spiro atoms. The molecule has 6 heteroatoms. The molecule has 1 fully saturated rings. The molecule has 1 N–H and O–H groups in total. The van der Waals surface area contributed by atoms with Gasteiger partial charge < -0.3 is 14.8 Å². The molecule has 29 heavy (non-hydrogen) atoms. The van der Waals surface area contributed by atoms with E-state index in [0.717, 1.165) is 37.1 Å². The van der Waals surface area contributed by atoms with Gasteiger partial charge in [-0.05, 0) is 49.8 Å². The average Bonchev–Trinajstić information content (AvgIpc) is 3.27. The number of dihydropyridines is 1. The first-order valence-electron chi connectivity index (χ1n) is 10.3. The SMILES string of the molecule is CCOC(=O)C1=C(CC)NC(C2CCCC2)=C(C(=O)OC)C1c1ccc(F)cc1. The summed E-state index contributed by atoms with van der Waals surface area (Å²) in [5, 5.41) is 3.39. The molecule has 2 aliphatic rings. The van der Waals surface area contributed by atoms with Crippen LogP contribution in [0.2, 0.25) is 0 Å². The summed E-state index contributed by atoms with van der Waals surface area (Å²) in [5.41, 5.74) is 3.05. The lowest BCUT2D eigenvalue weighted by atomic mass is 9.77. The second-order valence-electron chi connectivity index (χ2n) is 7.38. The third kappa shape index (κ3) is 4.21. The topological polar surface area (TPSA) is 64.6 Å². The van der Waals surface area contributed by atoms with Crippen LogP contribution in [0, 0.1) is 11.7 Å². The van der Waals surface area contributed by atoms with Gasteiger partial charge in [0.2, 0.25) is 0 Å². The number of esters is 2. The molecule has 1 aliphatic heterocycles. The number of hydrogen-bond donors (Lipinski definition) is 1. The van der Waals surface area contributed by atoms with Gasteiger partial charge in [0.25, 0.3) is 0 Å². The molecular formula is C23H28FNO4. The van der Waals surface area contributed by atoms with Crippen LogP contribution in [-0.4, -0.2) is 25.7 Å². The highest BCUT2D eigenvalue weighted by Gasteiger charge is 2.41. The van der Waals surface area contributed by atoms with E-state index in [0.29, 0.717) is 23.1 Å². The summed E-state index contributed by atoms with van der Waals surface area (Å²) in [4.78, 5) is 25.9.